The molecule has 1 amide bonds. The third kappa shape index (κ3) is 5.26. The topological polar surface area (TPSA) is 89.3 Å². The zero-order valence-electron chi connectivity index (χ0n) is 16.1. The molecule has 0 bridgehead atoms. The van der Waals surface area contributed by atoms with Gasteiger partial charge in [-0.2, -0.15) is 5.10 Å². The van der Waals surface area contributed by atoms with Crippen LogP contribution in [0.15, 0.2) is 36.7 Å². The number of halogens is 2. The molecule has 0 saturated carbocycles. The number of nitrogens with zero attached hydrogens (tertiary/aromatic N) is 3. The predicted molar refractivity (Wildman–Crippen MR) is 103 cm³/mol. The highest BCUT2D eigenvalue weighted by atomic mass is 19.3. The molecule has 1 atom stereocenters. The minimum Gasteiger partial charge on any atom is -0.487 e. The van der Waals surface area contributed by atoms with Crippen LogP contribution in [-0.4, -0.2) is 51.5 Å². The van der Waals surface area contributed by atoms with Gasteiger partial charge in [-0.1, -0.05) is 12.1 Å². The standard InChI is InChI=1S/C20H22F2N4O3/c1-12-7-14(3-4-17(12)29-11-18(21)22)9-26-10-15-16(25-26)5-6-23-19(15)20(28)24-8-13(2)27/h3-7,10,13,18,27H,8-9,11H2,1-2H3,(H,24,28). The van der Waals surface area contributed by atoms with Gasteiger partial charge in [-0.05, 0) is 37.1 Å². The molecule has 2 aromatic heterocycles. The molecule has 0 aliphatic carbocycles. The van der Waals surface area contributed by atoms with E-state index in [0.29, 0.717) is 23.2 Å². The number of aliphatic hydroxyl groups excluding tert-OH is 1. The van der Waals surface area contributed by atoms with Crippen LogP contribution in [-0.2, 0) is 6.54 Å². The van der Waals surface area contributed by atoms with Crippen molar-refractivity contribution in [3.8, 4) is 5.75 Å². The average molecular weight is 404 g/mol. The summed E-state index contributed by atoms with van der Waals surface area (Å²) in [6.45, 7) is 3.29. The molecule has 0 spiro atoms. The van der Waals surface area contributed by atoms with Crippen LogP contribution >= 0.6 is 0 Å². The summed E-state index contributed by atoms with van der Waals surface area (Å²) in [5.41, 5.74) is 2.52. The van der Waals surface area contributed by atoms with E-state index in [0.717, 1.165) is 11.1 Å². The summed E-state index contributed by atoms with van der Waals surface area (Å²) in [5, 5.41) is 17.0. The van der Waals surface area contributed by atoms with E-state index in [4.69, 9.17) is 4.74 Å². The van der Waals surface area contributed by atoms with Crippen LogP contribution in [0.3, 0.4) is 0 Å². The van der Waals surface area contributed by atoms with Gasteiger partial charge >= 0.3 is 0 Å². The number of hydrogen-bond acceptors (Lipinski definition) is 5. The largest absolute Gasteiger partial charge is 0.487 e. The number of alkyl halides is 2. The van der Waals surface area contributed by atoms with Crippen LogP contribution in [0.2, 0.25) is 0 Å². The van der Waals surface area contributed by atoms with Gasteiger partial charge in [0.15, 0.2) is 0 Å². The average Bonchev–Trinajstić information content (AvgIpc) is 3.07. The Balaban J connectivity index is 1.78. The smallest absolute Gasteiger partial charge is 0.272 e. The summed E-state index contributed by atoms with van der Waals surface area (Å²) >= 11 is 0. The van der Waals surface area contributed by atoms with Crippen molar-refractivity contribution in [3.05, 3.63) is 53.5 Å². The fourth-order valence-electron chi connectivity index (χ4n) is 2.89. The van der Waals surface area contributed by atoms with Crippen molar-refractivity contribution in [2.24, 2.45) is 0 Å². The maximum absolute atomic E-state index is 12.3. The van der Waals surface area contributed by atoms with Crippen LogP contribution in [0, 0.1) is 6.92 Å². The lowest BCUT2D eigenvalue weighted by molar-refractivity contribution is 0.0815. The Morgan fingerprint density at radius 3 is 2.83 bits per heavy atom. The number of aromatic nitrogens is 3. The minimum absolute atomic E-state index is 0.129. The molecule has 154 valence electrons. The molecule has 2 heterocycles. The van der Waals surface area contributed by atoms with Crippen LogP contribution in [0.5, 0.6) is 5.75 Å². The first kappa shape index (κ1) is 20.7. The number of carbonyl (C=O) groups excluding carboxylic acids is 1. The van der Waals surface area contributed by atoms with Gasteiger partial charge in [0.2, 0.25) is 0 Å². The van der Waals surface area contributed by atoms with Crippen LogP contribution < -0.4 is 10.1 Å². The molecule has 0 aliphatic heterocycles. The summed E-state index contributed by atoms with van der Waals surface area (Å²) in [6, 6.07) is 7.01. The molecule has 7 nitrogen and oxygen atoms in total. The highest BCUT2D eigenvalue weighted by molar-refractivity contribution is 6.04. The highest BCUT2D eigenvalue weighted by Crippen LogP contribution is 2.21. The third-order valence-corrected chi connectivity index (χ3v) is 4.20. The van der Waals surface area contributed by atoms with Crippen molar-refractivity contribution in [2.45, 2.75) is 32.9 Å². The van der Waals surface area contributed by atoms with E-state index in [1.54, 1.807) is 42.9 Å². The lowest BCUT2D eigenvalue weighted by Crippen LogP contribution is -2.31. The Morgan fingerprint density at radius 1 is 1.34 bits per heavy atom. The van der Waals surface area contributed by atoms with E-state index in [-0.39, 0.29) is 18.1 Å². The van der Waals surface area contributed by atoms with Gasteiger partial charge in [0.05, 0.1) is 23.6 Å². The zero-order chi connectivity index (χ0) is 21.0. The molecule has 3 rings (SSSR count). The van der Waals surface area contributed by atoms with Crippen molar-refractivity contribution >= 4 is 16.8 Å². The second-order valence-electron chi connectivity index (χ2n) is 6.78. The quantitative estimate of drug-likeness (QED) is 0.602. The summed E-state index contributed by atoms with van der Waals surface area (Å²) in [4.78, 5) is 16.5. The highest BCUT2D eigenvalue weighted by Gasteiger charge is 2.15. The van der Waals surface area contributed by atoms with Gasteiger partial charge in [0.1, 0.15) is 18.1 Å². The van der Waals surface area contributed by atoms with Gasteiger partial charge in [-0.3, -0.25) is 14.5 Å². The molecule has 3 aromatic rings. The number of amides is 1. The summed E-state index contributed by atoms with van der Waals surface area (Å²) < 4.78 is 31.4. The molecule has 2 N–H and O–H groups in total. The van der Waals surface area contributed by atoms with E-state index < -0.39 is 19.1 Å². The summed E-state index contributed by atoms with van der Waals surface area (Å²) in [7, 11) is 0. The van der Waals surface area contributed by atoms with Crippen molar-refractivity contribution in [1.29, 1.82) is 0 Å². The maximum atomic E-state index is 12.3. The first-order valence-corrected chi connectivity index (χ1v) is 9.12. The number of ether oxygens (including phenoxy) is 1. The number of hydrogen-bond donors (Lipinski definition) is 2. The molecule has 0 saturated heterocycles. The molecule has 9 heteroatoms. The van der Waals surface area contributed by atoms with Gasteiger partial charge < -0.3 is 15.2 Å². The van der Waals surface area contributed by atoms with E-state index in [9.17, 15) is 18.7 Å². The number of rotatable bonds is 8. The Bertz CT molecular complexity index is 1000. The van der Waals surface area contributed by atoms with Crippen molar-refractivity contribution in [1.82, 2.24) is 20.1 Å². The lowest BCUT2D eigenvalue weighted by atomic mass is 10.1. The number of benzene rings is 1. The van der Waals surface area contributed by atoms with Crippen molar-refractivity contribution in [2.75, 3.05) is 13.2 Å². The number of fused-ring (bicyclic) bond motifs is 1. The van der Waals surface area contributed by atoms with Gasteiger partial charge in [-0.25, -0.2) is 8.78 Å². The normalized spacial score (nSPS) is 12.3. The molecule has 0 fully saturated rings. The van der Waals surface area contributed by atoms with Crippen molar-refractivity contribution < 1.29 is 23.4 Å². The molecule has 1 aromatic carbocycles. The fraction of sp³-hybridized carbons (Fsp3) is 0.350. The Morgan fingerprint density at radius 2 is 2.14 bits per heavy atom. The van der Waals surface area contributed by atoms with Crippen LogP contribution in [0.1, 0.15) is 28.5 Å². The monoisotopic (exact) mass is 404 g/mol. The molecular weight excluding hydrogens is 382 g/mol. The van der Waals surface area contributed by atoms with Crippen LogP contribution in [0.25, 0.3) is 10.9 Å². The van der Waals surface area contributed by atoms with Gasteiger partial charge in [0, 0.05) is 18.9 Å². The first-order chi connectivity index (χ1) is 13.8. The number of aryl methyl sites for hydroxylation is 1. The molecule has 0 radical (unpaired) electrons. The van der Waals surface area contributed by atoms with E-state index in [1.165, 1.54) is 6.20 Å². The number of nitrogens with one attached hydrogen (secondary N) is 1. The second-order valence-corrected chi connectivity index (χ2v) is 6.78. The number of aliphatic hydroxyl groups is 1. The minimum atomic E-state index is -2.52. The predicted octanol–water partition coefficient (Wildman–Crippen LogP) is 2.54. The van der Waals surface area contributed by atoms with Crippen LogP contribution in [0.4, 0.5) is 8.78 Å². The second kappa shape index (κ2) is 8.95. The number of pyridine rings is 1. The molecular formula is C20H22F2N4O3. The van der Waals surface area contributed by atoms with Gasteiger partial charge in [-0.15, -0.1) is 0 Å². The Labute approximate surface area is 166 Å². The molecule has 1 unspecified atom stereocenters. The first-order valence-electron chi connectivity index (χ1n) is 9.12. The van der Waals surface area contributed by atoms with Crippen molar-refractivity contribution in [3.63, 3.8) is 0 Å². The van der Waals surface area contributed by atoms with E-state index in [1.807, 2.05) is 6.07 Å². The lowest BCUT2D eigenvalue weighted by Gasteiger charge is -2.10. The van der Waals surface area contributed by atoms with Gasteiger partial charge in [0.25, 0.3) is 12.3 Å². The molecule has 0 aliphatic rings. The van der Waals surface area contributed by atoms with E-state index in [2.05, 4.69) is 15.4 Å². The fourth-order valence-corrected chi connectivity index (χ4v) is 2.89. The Kier molecular flexibility index (Phi) is 6.38. The summed E-state index contributed by atoms with van der Waals surface area (Å²) in [6.07, 6.45) is 0.0646. The SMILES string of the molecule is Cc1cc(Cn2cc3c(C(=O)NCC(C)O)nccc3n2)ccc1OCC(F)F. The van der Waals surface area contributed by atoms with E-state index >= 15 is 0 Å². The zero-order valence-corrected chi connectivity index (χ0v) is 16.1. The Hall–Kier alpha value is -3.07. The summed E-state index contributed by atoms with van der Waals surface area (Å²) in [5.74, 6) is 0.0355. The molecule has 29 heavy (non-hydrogen) atoms. The maximum Gasteiger partial charge on any atom is 0.272 e. The number of carbonyl (C=O) groups is 1. The third-order valence-electron chi connectivity index (χ3n) is 4.20.